The zero-order valence-electron chi connectivity index (χ0n) is 23.2. The van der Waals surface area contributed by atoms with Crippen LogP contribution in [-0.2, 0) is 16.8 Å². The Morgan fingerprint density at radius 1 is 1.10 bits per heavy atom. The summed E-state index contributed by atoms with van der Waals surface area (Å²) in [5.41, 5.74) is 9.91. The van der Waals surface area contributed by atoms with Crippen molar-refractivity contribution in [1.82, 2.24) is 25.0 Å². The van der Waals surface area contributed by atoms with Gasteiger partial charge < -0.3 is 21.1 Å². The molecule has 0 aliphatic heterocycles. The molecule has 2 heterocycles. The number of ether oxygens (including phenoxy) is 1. The Morgan fingerprint density at radius 2 is 1.85 bits per heavy atom. The van der Waals surface area contributed by atoms with Gasteiger partial charge in [-0.1, -0.05) is 42.3 Å². The van der Waals surface area contributed by atoms with E-state index in [-0.39, 0.29) is 22.8 Å². The standard InChI is InChI=1S/C32H32N6O3/c1-3-6-25(39)37-32-15-13-31(20-32,14-16-32)30-36-26(27-28(33)34-17-18-38(27)30)22-11-9-21(10-12-22)19-35-29(40)23-7-4-5-8-24(23)41-2/h4-5,7-12,17-18H,13-16,19-20H2,1-2H3,(H2,33,34)(H,35,40)(H,37,39). The fourth-order valence-electron chi connectivity index (χ4n) is 6.60. The van der Waals surface area contributed by atoms with E-state index < -0.39 is 0 Å². The minimum absolute atomic E-state index is 0.162. The molecular formula is C32H32N6O3. The van der Waals surface area contributed by atoms with Crippen LogP contribution in [0.1, 0.15) is 60.8 Å². The lowest BCUT2D eigenvalue weighted by Gasteiger charge is -2.27. The van der Waals surface area contributed by atoms with Gasteiger partial charge in [0.15, 0.2) is 0 Å². The van der Waals surface area contributed by atoms with Crippen molar-refractivity contribution in [2.75, 3.05) is 12.8 Å². The molecule has 9 heteroatoms. The average molecular weight is 549 g/mol. The zero-order valence-corrected chi connectivity index (χ0v) is 23.2. The van der Waals surface area contributed by atoms with Gasteiger partial charge in [-0.05, 0) is 62.6 Å². The molecule has 2 bridgehead atoms. The van der Waals surface area contributed by atoms with Gasteiger partial charge in [0.2, 0.25) is 0 Å². The molecule has 0 unspecified atom stereocenters. The van der Waals surface area contributed by atoms with Crippen molar-refractivity contribution in [2.24, 2.45) is 0 Å². The number of hydrogen-bond acceptors (Lipinski definition) is 6. The summed E-state index contributed by atoms with van der Waals surface area (Å²) >= 11 is 0. The molecule has 2 amide bonds. The van der Waals surface area contributed by atoms with E-state index in [1.54, 1.807) is 32.4 Å². The number of methoxy groups -OCH3 is 1. The zero-order chi connectivity index (χ0) is 28.6. The molecule has 41 heavy (non-hydrogen) atoms. The van der Waals surface area contributed by atoms with Crippen LogP contribution in [0.4, 0.5) is 5.82 Å². The predicted octanol–water partition coefficient (Wildman–Crippen LogP) is 4.01. The van der Waals surface area contributed by atoms with Crippen LogP contribution >= 0.6 is 0 Å². The Kier molecular flexibility index (Phi) is 6.62. The maximum Gasteiger partial charge on any atom is 0.296 e. The Labute approximate surface area is 238 Å². The minimum atomic E-state index is -0.249. The van der Waals surface area contributed by atoms with Gasteiger partial charge in [-0.2, -0.15) is 0 Å². The van der Waals surface area contributed by atoms with E-state index in [0.717, 1.165) is 60.3 Å². The summed E-state index contributed by atoms with van der Waals surface area (Å²) in [6.07, 6.45) is 8.10. The second-order valence-electron chi connectivity index (χ2n) is 11.0. The molecule has 208 valence electrons. The van der Waals surface area contributed by atoms with Crippen LogP contribution < -0.4 is 21.1 Å². The first-order chi connectivity index (χ1) is 19.9. The molecule has 0 spiro atoms. The topological polar surface area (TPSA) is 124 Å². The van der Waals surface area contributed by atoms with Crippen LogP contribution in [-0.4, -0.2) is 38.8 Å². The first-order valence-electron chi connectivity index (χ1n) is 13.8. The predicted molar refractivity (Wildman–Crippen MR) is 156 cm³/mol. The van der Waals surface area contributed by atoms with Crippen molar-refractivity contribution < 1.29 is 14.3 Å². The lowest BCUT2D eigenvalue weighted by Crippen LogP contribution is -2.44. The number of rotatable bonds is 7. The molecule has 2 fully saturated rings. The number of amides is 2. The third kappa shape index (κ3) is 4.65. The highest BCUT2D eigenvalue weighted by atomic mass is 16.5. The van der Waals surface area contributed by atoms with Crippen LogP contribution in [0.25, 0.3) is 16.8 Å². The van der Waals surface area contributed by atoms with Gasteiger partial charge >= 0.3 is 0 Å². The number of nitrogen functional groups attached to an aromatic ring is 1. The number of nitrogens with one attached hydrogen (secondary N) is 2. The number of hydrogen-bond donors (Lipinski definition) is 3. The van der Waals surface area contributed by atoms with Crippen molar-refractivity contribution in [3.8, 4) is 28.8 Å². The van der Waals surface area contributed by atoms with Gasteiger partial charge in [0.25, 0.3) is 11.8 Å². The Balaban J connectivity index is 1.26. The number of para-hydroxylation sites is 1. The summed E-state index contributed by atoms with van der Waals surface area (Å²) in [5, 5.41) is 6.16. The Bertz CT molecular complexity index is 1710. The normalized spacial score (nSPS) is 20.8. The summed E-state index contributed by atoms with van der Waals surface area (Å²) in [7, 11) is 1.55. The van der Waals surface area contributed by atoms with Crippen molar-refractivity contribution in [3.05, 3.63) is 77.9 Å². The molecule has 6 rings (SSSR count). The largest absolute Gasteiger partial charge is 0.496 e. The van der Waals surface area contributed by atoms with Gasteiger partial charge in [-0.25, -0.2) is 9.97 Å². The number of anilines is 1. The van der Waals surface area contributed by atoms with Gasteiger partial charge in [-0.15, -0.1) is 0 Å². The van der Waals surface area contributed by atoms with Crippen LogP contribution in [0.2, 0.25) is 0 Å². The third-order valence-electron chi connectivity index (χ3n) is 8.55. The number of aromatic nitrogens is 3. The van der Waals surface area contributed by atoms with E-state index in [9.17, 15) is 9.59 Å². The number of nitrogens with two attached hydrogens (primary N) is 1. The molecule has 2 saturated carbocycles. The molecular weight excluding hydrogens is 516 g/mol. The van der Waals surface area contributed by atoms with Crippen molar-refractivity contribution in [2.45, 2.75) is 56.5 Å². The van der Waals surface area contributed by atoms with Gasteiger partial charge in [0, 0.05) is 35.5 Å². The molecule has 2 aliphatic rings. The number of fused-ring (bicyclic) bond motifs is 3. The van der Waals surface area contributed by atoms with E-state index in [1.165, 1.54) is 0 Å². The average Bonchev–Trinajstić information content (AvgIpc) is 3.67. The highest BCUT2D eigenvalue weighted by molar-refractivity contribution is 5.97. The molecule has 4 aromatic rings. The lowest BCUT2D eigenvalue weighted by atomic mass is 9.83. The molecule has 9 nitrogen and oxygen atoms in total. The molecule has 4 N–H and O–H groups in total. The van der Waals surface area contributed by atoms with Crippen LogP contribution in [0.15, 0.2) is 60.9 Å². The van der Waals surface area contributed by atoms with E-state index in [4.69, 9.17) is 15.5 Å². The quantitative estimate of drug-likeness (QED) is 0.300. The molecule has 0 atom stereocenters. The van der Waals surface area contributed by atoms with Crippen LogP contribution in [0.3, 0.4) is 0 Å². The highest BCUT2D eigenvalue weighted by Gasteiger charge is 2.57. The van der Waals surface area contributed by atoms with Crippen LogP contribution in [0.5, 0.6) is 5.75 Å². The number of benzene rings is 2. The highest BCUT2D eigenvalue weighted by Crippen LogP contribution is 2.57. The molecule has 2 aromatic heterocycles. The number of nitrogens with zero attached hydrogens (tertiary/aromatic N) is 3. The summed E-state index contributed by atoms with van der Waals surface area (Å²) in [6.45, 7) is 2.04. The maximum absolute atomic E-state index is 12.7. The number of carbonyl (C=O) groups excluding carboxylic acids is 2. The maximum atomic E-state index is 12.7. The van der Waals surface area contributed by atoms with E-state index in [1.807, 2.05) is 42.6 Å². The number of carbonyl (C=O) groups is 2. The Hall–Kier alpha value is -4.84. The van der Waals surface area contributed by atoms with E-state index in [2.05, 4.69) is 31.9 Å². The van der Waals surface area contributed by atoms with Crippen molar-refractivity contribution in [3.63, 3.8) is 0 Å². The smallest absolute Gasteiger partial charge is 0.296 e. The molecule has 0 radical (unpaired) electrons. The lowest BCUT2D eigenvalue weighted by molar-refractivity contribution is -0.117. The van der Waals surface area contributed by atoms with Gasteiger partial charge in [0.05, 0.1) is 12.7 Å². The fraction of sp³-hybridized carbons (Fsp3) is 0.312. The third-order valence-corrected chi connectivity index (χ3v) is 8.55. The first-order valence-corrected chi connectivity index (χ1v) is 13.8. The molecule has 2 aromatic carbocycles. The van der Waals surface area contributed by atoms with E-state index >= 15 is 0 Å². The Morgan fingerprint density at radius 3 is 2.59 bits per heavy atom. The second kappa shape index (κ2) is 10.3. The molecule has 2 aliphatic carbocycles. The number of imidazole rings is 1. The van der Waals surface area contributed by atoms with Crippen molar-refractivity contribution in [1.29, 1.82) is 0 Å². The first kappa shape index (κ1) is 26.4. The summed E-state index contributed by atoms with van der Waals surface area (Å²) in [6, 6.07) is 15.1. The fourth-order valence-corrected chi connectivity index (χ4v) is 6.60. The van der Waals surface area contributed by atoms with Gasteiger partial charge in [0.1, 0.15) is 28.6 Å². The van der Waals surface area contributed by atoms with Crippen molar-refractivity contribution >= 4 is 23.1 Å². The minimum Gasteiger partial charge on any atom is -0.496 e. The van der Waals surface area contributed by atoms with Crippen LogP contribution in [0, 0.1) is 11.8 Å². The summed E-state index contributed by atoms with van der Waals surface area (Å²) < 4.78 is 7.39. The summed E-state index contributed by atoms with van der Waals surface area (Å²) in [5.74, 6) is 6.81. The second-order valence-corrected chi connectivity index (χ2v) is 11.0. The van der Waals surface area contributed by atoms with E-state index in [0.29, 0.717) is 23.7 Å². The summed E-state index contributed by atoms with van der Waals surface area (Å²) in [4.78, 5) is 34.6. The monoisotopic (exact) mass is 548 g/mol. The molecule has 0 saturated heterocycles. The SMILES string of the molecule is CC#CC(=O)NC12CCC(c3nc(-c4ccc(CNC(=O)c5ccccc5OC)cc4)c4c(N)nccn34)(CC1)C2. The van der Waals surface area contributed by atoms with Gasteiger partial charge in [-0.3, -0.25) is 14.0 Å².